The average Bonchev–Trinajstić information content (AvgIpc) is 2.28. The molecule has 17 heavy (non-hydrogen) atoms. The first-order valence-electron chi connectivity index (χ1n) is 5.64. The van der Waals surface area contributed by atoms with Crippen molar-refractivity contribution in [1.29, 1.82) is 0 Å². The number of nitrogens with zero attached hydrogens (tertiary/aromatic N) is 1. The van der Waals surface area contributed by atoms with Crippen molar-refractivity contribution >= 4 is 23.3 Å². The van der Waals surface area contributed by atoms with Crippen LogP contribution in [0.15, 0.2) is 18.2 Å². The number of hydrogen-bond donors (Lipinski definition) is 0. The predicted molar refractivity (Wildman–Crippen MR) is 66.3 cm³/mol. The van der Waals surface area contributed by atoms with Crippen molar-refractivity contribution in [2.45, 2.75) is 19.8 Å². The monoisotopic (exact) mass is 251 g/mol. The Morgan fingerprint density at radius 2 is 1.88 bits per heavy atom. The van der Waals surface area contributed by atoms with Gasteiger partial charge in [0.05, 0.1) is 0 Å². The summed E-state index contributed by atoms with van der Waals surface area (Å²) in [7, 11) is 0. The number of hydrogen-bond acceptors (Lipinski definition) is 2. The summed E-state index contributed by atoms with van der Waals surface area (Å²) in [4.78, 5) is 25.0. The highest BCUT2D eigenvalue weighted by molar-refractivity contribution is 6.31. The molecule has 0 aromatic heterocycles. The minimum Gasteiger partial charge on any atom is -0.338 e. The molecule has 0 radical (unpaired) electrons. The minimum absolute atomic E-state index is 0.0388. The molecule has 0 aliphatic carbocycles. The van der Waals surface area contributed by atoms with E-state index in [0.29, 0.717) is 36.5 Å². The van der Waals surface area contributed by atoms with Gasteiger partial charge in [-0.1, -0.05) is 11.6 Å². The zero-order chi connectivity index (χ0) is 12.4. The Bertz CT molecular complexity index is 440. The SMILES string of the molecule is Cc1cc(Cl)cc(C(=O)N2CCC(=O)CC2)c1. The van der Waals surface area contributed by atoms with Crippen LogP contribution in [0.1, 0.15) is 28.8 Å². The van der Waals surface area contributed by atoms with E-state index in [9.17, 15) is 9.59 Å². The van der Waals surface area contributed by atoms with Gasteiger partial charge >= 0.3 is 0 Å². The van der Waals surface area contributed by atoms with E-state index >= 15 is 0 Å². The molecule has 90 valence electrons. The van der Waals surface area contributed by atoms with Gasteiger partial charge in [0, 0.05) is 36.5 Å². The van der Waals surface area contributed by atoms with Crippen LogP contribution in [0, 0.1) is 6.92 Å². The number of carbonyl (C=O) groups excluding carboxylic acids is 2. The number of likely N-dealkylation sites (tertiary alicyclic amines) is 1. The number of benzene rings is 1. The van der Waals surface area contributed by atoms with E-state index in [4.69, 9.17) is 11.6 Å². The second-order valence-corrected chi connectivity index (χ2v) is 4.78. The van der Waals surface area contributed by atoms with Crippen LogP contribution in [-0.2, 0) is 4.79 Å². The molecule has 1 saturated heterocycles. The van der Waals surface area contributed by atoms with E-state index in [1.54, 1.807) is 11.0 Å². The van der Waals surface area contributed by atoms with Gasteiger partial charge in [-0.3, -0.25) is 9.59 Å². The Balaban J connectivity index is 2.16. The summed E-state index contributed by atoms with van der Waals surface area (Å²) in [5, 5.41) is 0.571. The third-order valence-corrected chi connectivity index (χ3v) is 3.12. The molecule has 0 saturated carbocycles. The Morgan fingerprint density at radius 1 is 1.24 bits per heavy atom. The second-order valence-electron chi connectivity index (χ2n) is 4.35. The molecule has 3 nitrogen and oxygen atoms in total. The highest BCUT2D eigenvalue weighted by Gasteiger charge is 2.22. The van der Waals surface area contributed by atoms with Gasteiger partial charge in [0.25, 0.3) is 5.91 Å². The standard InChI is InChI=1S/C13H14ClNO2/c1-9-6-10(8-11(14)7-9)13(17)15-4-2-12(16)3-5-15/h6-8H,2-5H2,1H3. The molecule has 0 atom stereocenters. The minimum atomic E-state index is -0.0388. The van der Waals surface area contributed by atoms with Crippen LogP contribution in [0.2, 0.25) is 5.02 Å². The van der Waals surface area contributed by atoms with Crippen molar-refractivity contribution in [3.63, 3.8) is 0 Å². The maximum atomic E-state index is 12.2. The fourth-order valence-corrected chi connectivity index (χ4v) is 2.29. The molecule has 0 N–H and O–H groups in total. The Kier molecular flexibility index (Phi) is 3.48. The Morgan fingerprint density at radius 3 is 2.47 bits per heavy atom. The van der Waals surface area contributed by atoms with Crippen LogP contribution in [0.4, 0.5) is 0 Å². The smallest absolute Gasteiger partial charge is 0.253 e. The number of aryl methyl sites for hydroxylation is 1. The summed E-state index contributed by atoms with van der Waals surface area (Å²) in [5.41, 5.74) is 1.57. The molecule has 1 amide bonds. The fraction of sp³-hybridized carbons (Fsp3) is 0.385. The number of Topliss-reactive ketones (excluding diaryl/α,β-unsaturated/α-hetero) is 1. The lowest BCUT2D eigenvalue weighted by atomic mass is 10.1. The zero-order valence-electron chi connectivity index (χ0n) is 9.70. The Hall–Kier alpha value is -1.35. The lowest BCUT2D eigenvalue weighted by Gasteiger charge is -2.26. The average molecular weight is 252 g/mol. The van der Waals surface area contributed by atoms with Gasteiger partial charge in [0.2, 0.25) is 0 Å². The van der Waals surface area contributed by atoms with Crippen molar-refractivity contribution in [3.05, 3.63) is 34.3 Å². The van der Waals surface area contributed by atoms with Crippen molar-refractivity contribution in [1.82, 2.24) is 4.90 Å². The fourth-order valence-electron chi connectivity index (χ4n) is 2.00. The summed E-state index contributed by atoms with van der Waals surface area (Å²) in [6.45, 7) is 2.94. The first-order valence-corrected chi connectivity index (χ1v) is 6.02. The predicted octanol–water partition coefficient (Wildman–Crippen LogP) is 2.45. The van der Waals surface area contributed by atoms with E-state index in [0.717, 1.165) is 5.56 Å². The van der Waals surface area contributed by atoms with Gasteiger partial charge in [-0.05, 0) is 30.7 Å². The number of piperidine rings is 1. The van der Waals surface area contributed by atoms with E-state index in [1.165, 1.54) is 0 Å². The summed E-state index contributed by atoms with van der Waals surface area (Å²) >= 11 is 5.93. The lowest BCUT2D eigenvalue weighted by Crippen LogP contribution is -2.38. The van der Waals surface area contributed by atoms with Crippen molar-refractivity contribution in [2.75, 3.05) is 13.1 Å². The molecule has 0 unspecified atom stereocenters. The van der Waals surface area contributed by atoms with Crippen LogP contribution in [0.25, 0.3) is 0 Å². The van der Waals surface area contributed by atoms with Gasteiger partial charge in [-0.2, -0.15) is 0 Å². The highest BCUT2D eigenvalue weighted by Crippen LogP contribution is 2.17. The van der Waals surface area contributed by atoms with Crippen molar-refractivity contribution in [3.8, 4) is 0 Å². The molecule has 4 heteroatoms. The number of ketones is 1. The molecular formula is C13H14ClNO2. The maximum absolute atomic E-state index is 12.2. The molecule has 1 aromatic carbocycles. The maximum Gasteiger partial charge on any atom is 0.253 e. The van der Waals surface area contributed by atoms with E-state index in [-0.39, 0.29) is 11.7 Å². The van der Waals surface area contributed by atoms with Crippen molar-refractivity contribution in [2.24, 2.45) is 0 Å². The van der Waals surface area contributed by atoms with Crippen LogP contribution < -0.4 is 0 Å². The molecule has 0 bridgehead atoms. The van der Waals surface area contributed by atoms with Crippen LogP contribution >= 0.6 is 11.6 Å². The quantitative estimate of drug-likeness (QED) is 0.769. The van der Waals surface area contributed by atoms with Crippen LogP contribution in [0.5, 0.6) is 0 Å². The van der Waals surface area contributed by atoms with Crippen LogP contribution in [-0.4, -0.2) is 29.7 Å². The van der Waals surface area contributed by atoms with E-state index < -0.39 is 0 Å². The third kappa shape index (κ3) is 2.86. The summed E-state index contributed by atoms with van der Waals surface area (Å²) in [6.07, 6.45) is 0.927. The highest BCUT2D eigenvalue weighted by atomic mass is 35.5. The molecule has 1 aromatic rings. The van der Waals surface area contributed by atoms with Crippen LogP contribution in [0.3, 0.4) is 0 Å². The first-order chi connectivity index (χ1) is 8.06. The van der Waals surface area contributed by atoms with Gasteiger partial charge in [-0.15, -0.1) is 0 Å². The Labute approximate surface area is 105 Å². The summed E-state index contributed by atoms with van der Waals surface area (Å²) in [5.74, 6) is 0.194. The van der Waals surface area contributed by atoms with E-state index in [1.807, 2.05) is 19.1 Å². The van der Waals surface area contributed by atoms with Gasteiger partial charge in [0.1, 0.15) is 5.78 Å². The molecule has 0 spiro atoms. The zero-order valence-corrected chi connectivity index (χ0v) is 10.5. The summed E-state index contributed by atoms with van der Waals surface area (Å²) in [6, 6.07) is 5.32. The molecule has 1 aliphatic rings. The molecule has 1 aliphatic heterocycles. The summed E-state index contributed by atoms with van der Waals surface area (Å²) < 4.78 is 0. The largest absolute Gasteiger partial charge is 0.338 e. The third-order valence-electron chi connectivity index (χ3n) is 2.90. The van der Waals surface area contributed by atoms with Gasteiger partial charge in [-0.25, -0.2) is 0 Å². The van der Waals surface area contributed by atoms with Crippen molar-refractivity contribution < 1.29 is 9.59 Å². The molecule has 2 rings (SSSR count). The number of halogens is 1. The molecule has 1 heterocycles. The van der Waals surface area contributed by atoms with Gasteiger partial charge in [0.15, 0.2) is 0 Å². The number of rotatable bonds is 1. The second kappa shape index (κ2) is 4.88. The molecular weight excluding hydrogens is 238 g/mol. The number of carbonyl (C=O) groups is 2. The lowest BCUT2D eigenvalue weighted by molar-refractivity contribution is -0.120. The topological polar surface area (TPSA) is 37.4 Å². The number of amides is 1. The molecule has 1 fully saturated rings. The normalized spacial score (nSPS) is 16.1. The van der Waals surface area contributed by atoms with Gasteiger partial charge < -0.3 is 4.90 Å². The van der Waals surface area contributed by atoms with E-state index in [2.05, 4.69) is 0 Å². The first kappa shape index (κ1) is 12.1.